The minimum absolute atomic E-state index is 0.118. The quantitative estimate of drug-likeness (QED) is 0.505. The third-order valence-electron chi connectivity index (χ3n) is 3.86. The van der Waals surface area contributed by atoms with Crippen molar-refractivity contribution in [3.05, 3.63) is 72.4 Å². The zero-order valence-corrected chi connectivity index (χ0v) is 13.4. The standard InChI is InChI=1S/C20H28/c1-7-9-18(8-2)20(6,15-14-16(3)4)19-12-10-17(5)11-13-19/h8-10,12-15,17H,2-3,7,11H2,1,4-6H3/b15-14-,18-9+. The van der Waals surface area contributed by atoms with Gasteiger partial charge in [-0.3, -0.25) is 0 Å². The minimum Gasteiger partial charge on any atom is -0.0988 e. The summed E-state index contributed by atoms with van der Waals surface area (Å²) in [6, 6.07) is 0. The Morgan fingerprint density at radius 1 is 1.50 bits per heavy atom. The Balaban J connectivity index is 3.27. The lowest BCUT2D eigenvalue weighted by molar-refractivity contribution is 0.618. The van der Waals surface area contributed by atoms with Crippen molar-refractivity contribution in [1.82, 2.24) is 0 Å². The lowest BCUT2D eigenvalue weighted by atomic mass is 9.72. The SMILES string of the molecule is C=C/C(=C\CC)C(C)(/C=C\C(=C)C)C1=CCC(C)C=C1. The van der Waals surface area contributed by atoms with Crippen LogP contribution in [0.1, 0.15) is 40.5 Å². The van der Waals surface area contributed by atoms with Crippen LogP contribution in [0.3, 0.4) is 0 Å². The van der Waals surface area contributed by atoms with Crippen molar-refractivity contribution in [2.75, 3.05) is 0 Å². The minimum atomic E-state index is -0.118. The van der Waals surface area contributed by atoms with Crippen LogP contribution < -0.4 is 0 Å². The molecule has 20 heavy (non-hydrogen) atoms. The smallest absolute Gasteiger partial charge is 0.0350 e. The van der Waals surface area contributed by atoms with E-state index < -0.39 is 0 Å². The topological polar surface area (TPSA) is 0 Å². The summed E-state index contributed by atoms with van der Waals surface area (Å²) in [5, 5.41) is 0. The third-order valence-corrected chi connectivity index (χ3v) is 3.86. The zero-order valence-electron chi connectivity index (χ0n) is 13.4. The maximum Gasteiger partial charge on any atom is 0.0350 e. The number of allylic oxidation sites excluding steroid dienone is 10. The first-order chi connectivity index (χ1) is 9.43. The van der Waals surface area contributed by atoms with Crippen molar-refractivity contribution < 1.29 is 0 Å². The summed E-state index contributed by atoms with van der Waals surface area (Å²) >= 11 is 0. The molecule has 0 fully saturated rings. The van der Waals surface area contributed by atoms with Crippen LogP contribution in [0.4, 0.5) is 0 Å². The van der Waals surface area contributed by atoms with Gasteiger partial charge in [-0.05, 0) is 43.8 Å². The third kappa shape index (κ3) is 3.96. The lowest BCUT2D eigenvalue weighted by Crippen LogP contribution is -2.19. The molecule has 2 atom stereocenters. The molecule has 0 aromatic rings. The number of hydrogen-bond acceptors (Lipinski definition) is 0. The van der Waals surface area contributed by atoms with Gasteiger partial charge in [-0.15, -0.1) is 0 Å². The highest BCUT2D eigenvalue weighted by Gasteiger charge is 2.28. The van der Waals surface area contributed by atoms with Crippen molar-refractivity contribution >= 4 is 0 Å². The van der Waals surface area contributed by atoms with E-state index in [9.17, 15) is 0 Å². The van der Waals surface area contributed by atoms with Gasteiger partial charge >= 0.3 is 0 Å². The van der Waals surface area contributed by atoms with E-state index in [0.29, 0.717) is 5.92 Å². The highest BCUT2D eigenvalue weighted by molar-refractivity contribution is 5.46. The molecule has 0 saturated carbocycles. The molecule has 0 heterocycles. The van der Waals surface area contributed by atoms with E-state index in [1.165, 1.54) is 11.1 Å². The first-order valence-electron chi connectivity index (χ1n) is 7.50. The molecular formula is C20H28. The molecule has 0 aliphatic heterocycles. The summed E-state index contributed by atoms with van der Waals surface area (Å²) in [7, 11) is 0. The van der Waals surface area contributed by atoms with Gasteiger partial charge in [0.05, 0.1) is 0 Å². The summed E-state index contributed by atoms with van der Waals surface area (Å²) in [5.41, 5.74) is 3.58. The van der Waals surface area contributed by atoms with Crippen LogP contribution in [-0.2, 0) is 0 Å². The van der Waals surface area contributed by atoms with E-state index in [2.05, 4.69) is 70.4 Å². The average molecular weight is 268 g/mol. The Labute approximate surface area is 125 Å². The van der Waals surface area contributed by atoms with E-state index in [0.717, 1.165) is 18.4 Å². The molecule has 0 heteroatoms. The van der Waals surface area contributed by atoms with Crippen molar-refractivity contribution in [3.8, 4) is 0 Å². The maximum absolute atomic E-state index is 4.01. The van der Waals surface area contributed by atoms with E-state index in [1.807, 2.05) is 13.0 Å². The predicted octanol–water partition coefficient (Wildman–Crippen LogP) is 6.17. The Hall–Kier alpha value is -1.56. The summed E-state index contributed by atoms with van der Waals surface area (Å²) in [6.07, 6.45) is 17.7. The molecule has 0 nitrogen and oxygen atoms in total. The Morgan fingerprint density at radius 2 is 2.20 bits per heavy atom. The maximum atomic E-state index is 4.01. The first-order valence-corrected chi connectivity index (χ1v) is 7.50. The molecule has 1 aliphatic rings. The van der Waals surface area contributed by atoms with E-state index in [1.54, 1.807) is 0 Å². The molecule has 0 spiro atoms. The molecule has 0 amide bonds. The van der Waals surface area contributed by atoms with Gasteiger partial charge in [0.25, 0.3) is 0 Å². The average Bonchev–Trinajstić information content (AvgIpc) is 2.43. The molecule has 108 valence electrons. The van der Waals surface area contributed by atoms with Gasteiger partial charge < -0.3 is 0 Å². The van der Waals surface area contributed by atoms with Gasteiger partial charge in [0, 0.05) is 5.41 Å². The molecule has 0 N–H and O–H groups in total. The molecule has 0 saturated heterocycles. The largest absolute Gasteiger partial charge is 0.0988 e. The van der Waals surface area contributed by atoms with Crippen LogP contribution in [-0.4, -0.2) is 0 Å². The van der Waals surface area contributed by atoms with Crippen molar-refractivity contribution in [2.45, 2.75) is 40.5 Å². The predicted molar refractivity (Wildman–Crippen MR) is 91.6 cm³/mol. The van der Waals surface area contributed by atoms with Gasteiger partial charge in [-0.1, -0.05) is 75.1 Å². The van der Waals surface area contributed by atoms with Crippen LogP contribution in [0.5, 0.6) is 0 Å². The van der Waals surface area contributed by atoms with Crippen LogP contribution in [0.15, 0.2) is 72.4 Å². The van der Waals surface area contributed by atoms with Crippen LogP contribution >= 0.6 is 0 Å². The molecule has 0 radical (unpaired) electrons. The fourth-order valence-corrected chi connectivity index (χ4v) is 2.51. The number of hydrogen-bond donors (Lipinski definition) is 0. The van der Waals surface area contributed by atoms with Crippen LogP contribution in [0.2, 0.25) is 0 Å². The summed E-state index contributed by atoms with van der Waals surface area (Å²) in [5.74, 6) is 0.635. The Kier molecular flexibility index (Phi) is 6.01. The first kappa shape index (κ1) is 16.5. The second-order valence-corrected chi connectivity index (χ2v) is 5.89. The van der Waals surface area contributed by atoms with E-state index >= 15 is 0 Å². The molecular weight excluding hydrogens is 240 g/mol. The van der Waals surface area contributed by atoms with Gasteiger partial charge in [0.15, 0.2) is 0 Å². The van der Waals surface area contributed by atoms with E-state index in [-0.39, 0.29) is 5.41 Å². The number of rotatable bonds is 6. The van der Waals surface area contributed by atoms with Crippen molar-refractivity contribution in [1.29, 1.82) is 0 Å². The summed E-state index contributed by atoms with van der Waals surface area (Å²) < 4.78 is 0. The second-order valence-electron chi connectivity index (χ2n) is 5.89. The van der Waals surface area contributed by atoms with Gasteiger partial charge in [-0.2, -0.15) is 0 Å². The van der Waals surface area contributed by atoms with Crippen LogP contribution in [0, 0.1) is 11.3 Å². The Bertz CT molecular complexity index is 482. The van der Waals surface area contributed by atoms with Crippen molar-refractivity contribution in [2.24, 2.45) is 11.3 Å². The normalized spacial score (nSPS) is 22.5. The molecule has 1 rings (SSSR count). The highest BCUT2D eigenvalue weighted by Crippen LogP contribution is 2.41. The molecule has 2 unspecified atom stereocenters. The molecule has 0 bridgehead atoms. The lowest BCUT2D eigenvalue weighted by Gasteiger charge is -2.32. The summed E-state index contributed by atoms with van der Waals surface area (Å²) in [4.78, 5) is 0. The molecule has 0 aromatic carbocycles. The van der Waals surface area contributed by atoms with Crippen LogP contribution in [0.25, 0.3) is 0 Å². The molecule has 0 aromatic heterocycles. The fraction of sp³-hybridized carbons (Fsp3) is 0.400. The fourth-order valence-electron chi connectivity index (χ4n) is 2.51. The van der Waals surface area contributed by atoms with Gasteiger partial charge in [-0.25, -0.2) is 0 Å². The van der Waals surface area contributed by atoms with Crippen molar-refractivity contribution in [3.63, 3.8) is 0 Å². The monoisotopic (exact) mass is 268 g/mol. The van der Waals surface area contributed by atoms with Gasteiger partial charge in [0.2, 0.25) is 0 Å². The second kappa shape index (κ2) is 7.28. The van der Waals surface area contributed by atoms with E-state index in [4.69, 9.17) is 0 Å². The zero-order chi connectivity index (χ0) is 15.2. The van der Waals surface area contributed by atoms with Gasteiger partial charge in [0.1, 0.15) is 0 Å². The summed E-state index contributed by atoms with van der Waals surface area (Å²) in [6.45, 7) is 16.7. The Morgan fingerprint density at radius 3 is 2.65 bits per heavy atom. The highest BCUT2D eigenvalue weighted by atomic mass is 14.3. The molecule has 1 aliphatic carbocycles.